The SMILES string of the molecule is Cc1ccc(C(=O)OCC(=O)Nc2ccc(Oc3ccccc3)cc2)c(C)c1. The van der Waals surface area contributed by atoms with E-state index in [0.29, 0.717) is 17.0 Å². The van der Waals surface area contributed by atoms with Crippen LogP contribution in [0, 0.1) is 13.8 Å². The normalized spacial score (nSPS) is 10.2. The van der Waals surface area contributed by atoms with Gasteiger partial charge in [-0.25, -0.2) is 4.79 Å². The molecule has 0 aliphatic carbocycles. The number of hydrogen-bond acceptors (Lipinski definition) is 4. The maximum absolute atomic E-state index is 12.1. The number of carbonyl (C=O) groups is 2. The zero-order chi connectivity index (χ0) is 19.9. The molecule has 0 atom stereocenters. The van der Waals surface area contributed by atoms with Gasteiger partial charge in [-0.2, -0.15) is 0 Å². The number of aryl methyl sites for hydroxylation is 2. The Morgan fingerprint density at radius 3 is 2.21 bits per heavy atom. The average molecular weight is 375 g/mol. The van der Waals surface area contributed by atoms with E-state index < -0.39 is 11.9 Å². The van der Waals surface area contributed by atoms with Crippen LogP contribution in [0.3, 0.4) is 0 Å². The second-order valence-electron chi connectivity index (χ2n) is 6.38. The summed E-state index contributed by atoms with van der Waals surface area (Å²) in [6.45, 7) is 3.43. The first-order chi connectivity index (χ1) is 13.5. The summed E-state index contributed by atoms with van der Waals surface area (Å²) < 4.78 is 10.8. The number of esters is 1. The number of ether oxygens (including phenoxy) is 2. The summed E-state index contributed by atoms with van der Waals surface area (Å²) in [6.07, 6.45) is 0. The van der Waals surface area contributed by atoms with E-state index in [-0.39, 0.29) is 6.61 Å². The molecule has 3 aromatic carbocycles. The van der Waals surface area contributed by atoms with Crippen molar-refractivity contribution in [2.45, 2.75) is 13.8 Å². The summed E-state index contributed by atoms with van der Waals surface area (Å²) in [5, 5.41) is 2.69. The molecule has 0 aliphatic heterocycles. The van der Waals surface area contributed by atoms with Crippen LogP contribution in [0.25, 0.3) is 0 Å². The molecular formula is C23H21NO4. The predicted molar refractivity (Wildman–Crippen MR) is 108 cm³/mol. The number of hydrogen-bond donors (Lipinski definition) is 1. The van der Waals surface area contributed by atoms with E-state index in [1.807, 2.05) is 56.3 Å². The highest BCUT2D eigenvalue weighted by molar-refractivity contribution is 5.96. The summed E-state index contributed by atoms with van der Waals surface area (Å²) >= 11 is 0. The zero-order valence-electron chi connectivity index (χ0n) is 15.8. The van der Waals surface area contributed by atoms with Gasteiger partial charge in [0.05, 0.1) is 5.56 Å². The van der Waals surface area contributed by atoms with Gasteiger partial charge in [-0.3, -0.25) is 4.79 Å². The van der Waals surface area contributed by atoms with Crippen LogP contribution in [-0.4, -0.2) is 18.5 Å². The van der Waals surface area contributed by atoms with E-state index in [1.165, 1.54) is 0 Å². The molecule has 3 rings (SSSR count). The van der Waals surface area contributed by atoms with E-state index in [1.54, 1.807) is 30.3 Å². The fourth-order valence-corrected chi connectivity index (χ4v) is 2.68. The lowest BCUT2D eigenvalue weighted by Gasteiger charge is -2.09. The maximum atomic E-state index is 12.1. The second kappa shape index (κ2) is 8.86. The molecule has 0 bridgehead atoms. The number of nitrogens with one attached hydrogen (secondary N) is 1. The van der Waals surface area contributed by atoms with Crippen molar-refractivity contribution in [3.05, 3.63) is 89.5 Å². The van der Waals surface area contributed by atoms with Crippen LogP contribution in [0.15, 0.2) is 72.8 Å². The van der Waals surface area contributed by atoms with Crippen LogP contribution in [0.5, 0.6) is 11.5 Å². The van der Waals surface area contributed by atoms with Crippen molar-refractivity contribution in [3.63, 3.8) is 0 Å². The predicted octanol–water partition coefficient (Wildman–Crippen LogP) is 4.89. The van der Waals surface area contributed by atoms with E-state index >= 15 is 0 Å². The van der Waals surface area contributed by atoms with E-state index in [4.69, 9.17) is 9.47 Å². The molecule has 0 saturated carbocycles. The molecule has 1 N–H and O–H groups in total. The number of rotatable bonds is 6. The van der Waals surface area contributed by atoms with E-state index in [0.717, 1.165) is 16.9 Å². The Labute approximate surface area is 163 Å². The fraction of sp³-hybridized carbons (Fsp3) is 0.130. The van der Waals surface area contributed by atoms with Gasteiger partial charge in [0.2, 0.25) is 0 Å². The first kappa shape index (κ1) is 19.2. The number of para-hydroxylation sites is 1. The fourth-order valence-electron chi connectivity index (χ4n) is 2.68. The number of benzene rings is 3. The zero-order valence-corrected chi connectivity index (χ0v) is 15.8. The summed E-state index contributed by atoms with van der Waals surface area (Å²) in [5.41, 5.74) is 2.93. The van der Waals surface area contributed by atoms with Gasteiger partial charge in [0.15, 0.2) is 6.61 Å². The van der Waals surface area contributed by atoms with Gasteiger partial charge >= 0.3 is 5.97 Å². The molecule has 0 aromatic heterocycles. The third kappa shape index (κ3) is 5.20. The molecule has 0 radical (unpaired) electrons. The Hall–Kier alpha value is -3.60. The number of carbonyl (C=O) groups excluding carboxylic acids is 2. The minimum atomic E-state index is -0.515. The first-order valence-corrected chi connectivity index (χ1v) is 8.88. The van der Waals surface area contributed by atoms with Gasteiger partial charge in [-0.1, -0.05) is 35.9 Å². The third-order valence-electron chi connectivity index (χ3n) is 4.05. The molecule has 5 nitrogen and oxygen atoms in total. The minimum Gasteiger partial charge on any atom is -0.457 e. The van der Waals surface area contributed by atoms with E-state index in [9.17, 15) is 9.59 Å². The lowest BCUT2D eigenvalue weighted by molar-refractivity contribution is -0.119. The van der Waals surface area contributed by atoms with Crippen molar-refractivity contribution in [3.8, 4) is 11.5 Å². The van der Waals surface area contributed by atoms with Crippen LogP contribution < -0.4 is 10.1 Å². The number of amides is 1. The standard InChI is InChI=1S/C23H21NO4/c1-16-8-13-21(17(2)14-16)23(26)27-15-22(25)24-18-9-11-20(12-10-18)28-19-6-4-3-5-7-19/h3-14H,15H2,1-2H3,(H,24,25). The van der Waals surface area contributed by atoms with Crippen molar-refractivity contribution in [2.24, 2.45) is 0 Å². The summed E-state index contributed by atoms with van der Waals surface area (Å²) in [6, 6.07) is 21.8. The number of anilines is 1. The lowest BCUT2D eigenvalue weighted by atomic mass is 10.1. The van der Waals surface area contributed by atoms with Crippen LogP contribution in [0.4, 0.5) is 5.69 Å². The van der Waals surface area contributed by atoms with Crippen LogP contribution in [-0.2, 0) is 9.53 Å². The molecular weight excluding hydrogens is 354 g/mol. The highest BCUT2D eigenvalue weighted by Crippen LogP contribution is 2.22. The minimum absolute atomic E-state index is 0.353. The summed E-state index contributed by atoms with van der Waals surface area (Å²) in [5.74, 6) is 0.470. The Balaban J connectivity index is 1.51. The molecule has 1 amide bonds. The highest BCUT2D eigenvalue weighted by atomic mass is 16.5. The van der Waals surface area contributed by atoms with Crippen molar-refractivity contribution in [1.82, 2.24) is 0 Å². The Morgan fingerprint density at radius 1 is 0.857 bits per heavy atom. The van der Waals surface area contributed by atoms with Crippen molar-refractivity contribution in [1.29, 1.82) is 0 Å². The molecule has 28 heavy (non-hydrogen) atoms. The monoisotopic (exact) mass is 375 g/mol. The third-order valence-corrected chi connectivity index (χ3v) is 4.05. The van der Waals surface area contributed by atoms with Crippen LogP contribution in [0.1, 0.15) is 21.5 Å². The van der Waals surface area contributed by atoms with Gasteiger partial charge in [0.25, 0.3) is 5.91 Å². The molecule has 0 fully saturated rings. The lowest BCUT2D eigenvalue weighted by Crippen LogP contribution is -2.21. The van der Waals surface area contributed by atoms with Crippen molar-refractivity contribution >= 4 is 17.6 Å². The topological polar surface area (TPSA) is 64.6 Å². The van der Waals surface area contributed by atoms with Gasteiger partial charge in [-0.15, -0.1) is 0 Å². The average Bonchev–Trinajstić information content (AvgIpc) is 2.68. The molecule has 5 heteroatoms. The Kier molecular flexibility index (Phi) is 6.07. The van der Waals surface area contributed by atoms with Crippen molar-refractivity contribution < 1.29 is 19.1 Å². The maximum Gasteiger partial charge on any atom is 0.338 e. The molecule has 0 aliphatic rings. The van der Waals surface area contributed by atoms with E-state index in [2.05, 4.69) is 5.32 Å². The second-order valence-corrected chi connectivity index (χ2v) is 6.38. The van der Waals surface area contributed by atoms with Gasteiger partial charge in [0, 0.05) is 5.69 Å². The Bertz CT molecular complexity index is 966. The molecule has 0 unspecified atom stereocenters. The van der Waals surface area contributed by atoms with Gasteiger partial charge in [-0.05, 0) is 61.9 Å². The summed E-state index contributed by atoms with van der Waals surface area (Å²) in [7, 11) is 0. The van der Waals surface area contributed by atoms with Gasteiger partial charge in [0.1, 0.15) is 11.5 Å². The molecule has 0 heterocycles. The molecule has 0 saturated heterocycles. The first-order valence-electron chi connectivity index (χ1n) is 8.88. The van der Waals surface area contributed by atoms with Gasteiger partial charge < -0.3 is 14.8 Å². The molecule has 3 aromatic rings. The highest BCUT2D eigenvalue weighted by Gasteiger charge is 2.13. The van der Waals surface area contributed by atoms with Crippen LogP contribution >= 0.6 is 0 Å². The largest absolute Gasteiger partial charge is 0.457 e. The van der Waals surface area contributed by atoms with Crippen LogP contribution in [0.2, 0.25) is 0 Å². The molecule has 0 spiro atoms. The quantitative estimate of drug-likeness (QED) is 0.623. The summed E-state index contributed by atoms with van der Waals surface area (Å²) in [4.78, 5) is 24.2. The van der Waals surface area contributed by atoms with Crippen molar-refractivity contribution in [2.75, 3.05) is 11.9 Å². The Morgan fingerprint density at radius 2 is 1.54 bits per heavy atom. The molecule has 142 valence electrons. The smallest absolute Gasteiger partial charge is 0.338 e.